The largest absolute Gasteiger partial charge is 0.478 e. The number of aromatic nitrogens is 2. The van der Waals surface area contributed by atoms with Crippen LogP contribution >= 0.6 is 0 Å². The van der Waals surface area contributed by atoms with Gasteiger partial charge in [-0.15, -0.1) is 0 Å². The molecule has 1 heterocycles. The van der Waals surface area contributed by atoms with Crippen molar-refractivity contribution in [2.75, 3.05) is 0 Å². The second-order valence-corrected chi connectivity index (χ2v) is 8.80. The van der Waals surface area contributed by atoms with E-state index in [1.54, 1.807) is 16.7 Å². The monoisotopic (exact) mass is 364 g/mol. The van der Waals surface area contributed by atoms with E-state index < -0.39 is 5.97 Å². The summed E-state index contributed by atoms with van der Waals surface area (Å²) in [6.07, 6.45) is 2.21. The Morgan fingerprint density at radius 2 is 1.67 bits per heavy atom. The smallest absolute Gasteiger partial charge is 0.335 e. The van der Waals surface area contributed by atoms with Crippen LogP contribution in [0.2, 0.25) is 0 Å². The molecule has 0 unspecified atom stereocenters. The number of aromatic amines is 1. The SMILES string of the molecule is CC1(C)CCC(C)(C)c2cc(-n3c(=O)[nH]c4ccc(C(=O)O)cc43)ccc21. The number of carboxylic acid groups (broad SMARTS) is 1. The van der Waals surface area contributed by atoms with Crippen molar-refractivity contribution < 1.29 is 9.90 Å². The molecule has 5 nitrogen and oxygen atoms in total. The minimum absolute atomic E-state index is 0.0306. The lowest BCUT2D eigenvalue weighted by atomic mass is 9.63. The summed E-state index contributed by atoms with van der Waals surface area (Å²) in [4.78, 5) is 26.8. The van der Waals surface area contributed by atoms with Crippen molar-refractivity contribution in [1.82, 2.24) is 9.55 Å². The number of hydrogen-bond acceptors (Lipinski definition) is 2. The molecule has 0 amide bonds. The zero-order valence-corrected chi connectivity index (χ0v) is 16.1. The van der Waals surface area contributed by atoms with Gasteiger partial charge in [0.15, 0.2) is 0 Å². The molecule has 27 heavy (non-hydrogen) atoms. The number of H-pyrrole nitrogens is 1. The quantitative estimate of drug-likeness (QED) is 0.709. The van der Waals surface area contributed by atoms with Crippen molar-refractivity contribution in [3.63, 3.8) is 0 Å². The van der Waals surface area contributed by atoms with E-state index in [0.717, 1.165) is 18.5 Å². The number of rotatable bonds is 2. The molecular weight excluding hydrogens is 340 g/mol. The predicted octanol–water partition coefficient (Wildman–Crippen LogP) is 4.37. The molecule has 1 aromatic heterocycles. The molecule has 5 heteroatoms. The fourth-order valence-corrected chi connectivity index (χ4v) is 4.21. The Balaban J connectivity index is 1.98. The lowest BCUT2D eigenvalue weighted by Gasteiger charge is -2.42. The molecule has 0 atom stereocenters. The number of imidazole rings is 1. The maximum atomic E-state index is 12.6. The lowest BCUT2D eigenvalue weighted by Crippen LogP contribution is -2.34. The Bertz CT molecular complexity index is 1130. The minimum Gasteiger partial charge on any atom is -0.478 e. The predicted molar refractivity (Wildman–Crippen MR) is 106 cm³/mol. The van der Waals surface area contributed by atoms with Crippen LogP contribution in [-0.4, -0.2) is 20.6 Å². The molecule has 0 spiro atoms. The van der Waals surface area contributed by atoms with Crippen LogP contribution in [0.1, 0.15) is 62.0 Å². The maximum Gasteiger partial charge on any atom is 0.335 e. The zero-order chi connectivity index (χ0) is 19.6. The van der Waals surface area contributed by atoms with Gasteiger partial charge < -0.3 is 10.1 Å². The molecule has 3 aromatic rings. The third-order valence-corrected chi connectivity index (χ3v) is 6.02. The number of nitrogens with one attached hydrogen (secondary N) is 1. The molecule has 1 aliphatic carbocycles. The van der Waals surface area contributed by atoms with E-state index in [-0.39, 0.29) is 22.1 Å². The van der Waals surface area contributed by atoms with Crippen molar-refractivity contribution in [3.8, 4) is 5.69 Å². The zero-order valence-electron chi connectivity index (χ0n) is 16.1. The first-order valence-electron chi connectivity index (χ1n) is 9.24. The van der Waals surface area contributed by atoms with Crippen molar-refractivity contribution in [2.45, 2.75) is 51.4 Å². The fraction of sp³-hybridized carbons (Fsp3) is 0.364. The molecule has 0 fully saturated rings. The summed E-state index contributed by atoms with van der Waals surface area (Å²) in [7, 11) is 0. The summed E-state index contributed by atoms with van der Waals surface area (Å²) in [5.74, 6) is -1.01. The first-order valence-corrected chi connectivity index (χ1v) is 9.24. The molecule has 0 saturated carbocycles. The van der Waals surface area contributed by atoms with Gasteiger partial charge in [-0.2, -0.15) is 0 Å². The summed E-state index contributed by atoms with van der Waals surface area (Å²) in [5.41, 5.74) is 4.57. The topological polar surface area (TPSA) is 75.1 Å². The number of aromatic carboxylic acids is 1. The van der Waals surface area contributed by atoms with Crippen LogP contribution in [0.5, 0.6) is 0 Å². The van der Waals surface area contributed by atoms with Crippen molar-refractivity contribution >= 4 is 17.0 Å². The van der Waals surface area contributed by atoms with E-state index in [1.807, 2.05) is 6.07 Å². The molecular formula is C22H24N2O3. The van der Waals surface area contributed by atoms with Gasteiger partial charge in [0.2, 0.25) is 0 Å². The Morgan fingerprint density at radius 3 is 2.33 bits per heavy atom. The van der Waals surface area contributed by atoms with E-state index in [0.29, 0.717) is 11.0 Å². The van der Waals surface area contributed by atoms with Gasteiger partial charge in [-0.05, 0) is 65.1 Å². The minimum atomic E-state index is -1.01. The van der Waals surface area contributed by atoms with E-state index in [9.17, 15) is 14.7 Å². The van der Waals surface area contributed by atoms with E-state index in [2.05, 4.69) is 44.8 Å². The number of fused-ring (bicyclic) bond motifs is 2. The first kappa shape index (κ1) is 17.6. The molecule has 0 bridgehead atoms. The first-order chi connectivity index (χ1) is 12.6. The van der Waals surface area contributed by atoms with Gasteiger partial charge in [-0.25, -0.2) is 9.59 Å². The highest BCUT2D eigenvalue weighted by Gasteiger charge is 2.37. The third-order valence-electron chi connectivity index (χ3n) is 6.02. The van der Waals surface area contributed by atoms with Crippen LogP contribution in [0.15, 0.2) is 41.2 Å². The average molecular weight is 364 g/mol. The number of hydrogen-bond donors (Lipinski definition) is 2. The summed E-state index contributed by atoms with van der Waals surface area (Å²) < 4.78 is 1.57. The van der Waals surface area contributed by atoms with Gasteiger partial charge in [0.1, 0.15) is 0 Å². The Hall–Kier alpha value is -2.82. The molecule has 0 aliphatic heterocycles. The van der Waals surface area contributed by atoms with Gasteiger partial charge >= 0.3 is 11.7 Å². The molecule has 2 aromatic carbocycles. The highest BCUT2D eigenvalue weighted by Crippen LogP contribution is 2.46. The summed E-state index contributed by atoms with van der Waals surface area (Å²) in [6, 6.07) is 10.9. The van der Waals surface area contributed by atoms with Gasteiger partial charge in [0.25, 0.3) is 0 Å². The highest BCUT2D eigenvalue weighted by molar-refractivity contribution is 5.92. The molecule has 0 radical (unpaired) electrons. The fourth-order valence-electron chi connectivity index (χ4n) is 4.21. The second-order valence-electron chi connectivity index (χ2n) is 8.80. The Morgan fingerprint density at radius 1 is 1.00 bits per heavy atom. The molecule has 2 N–H and O–H groups in total. The van der Waals surface area contributed by atoms with Crippen molar-refractivity contribution in [2.24, 2.45) is 0 Å². The summed E-state index contributed by atoms with van der Waals surface area (Å²) in [5, 5.41) is 9.30. The van der Waals surface area contributed by atoms with E-state index in [4.69, 9.17) is 0 Å². The standard InChI is InChI=1S/C22H24N2O3/c1-21(2)9-10-22(3,4)16-12-14(6-7-15(16)21)24-18-11-13(19(25)26)5-8-17(18)23-20(24)27/h5-8,11-12H,9-10H2,1-4H3,(H,23,27)(H,25,26). The van der Waals surface area contributed by atoms with Crippen LogP contribution in [0.25, 0.3) is 16.7 Å². The van der Waals surface area contributed by atoms with Crippen LogP contribution in [0, 0.1) is 0 Å². The van der Waals surface area contributed by atoms with Crippen molar-refractivity contribution in [1.29, 1.82) is 0 Å². The lowest BCUT2D eigenvalue weighted by molar-refractivity contribution is 0.0697. The average Bonchev–Trinajstić information content (AvgIpc) is 2.93. The number of carbonyl (C=O) groups is 1. The third kappa shape index (κ3) is 2.69. The maximum absolute atomic E-state index is 12.6. The molecule has 140 valence electrons. The van der Waals surface area contributed by atoms with Crippen LogP contribution in [0.3, 0.4) is 0 Å². The van der Waals surface area contributed by atoms with E-state index in [1.165, 1.54) is 17.2 Å². The Kier molecular flexibility index (Phi) is 3.64. The van der Waals surface area contributed by atoms with Gasteiger partial charge in [0, 0.05) is 0 Å². The normalized spacial score (nSPS) is 17.6. The molecule has 0 saturated heterocycles. The van der Waals surface area contributed by atoms with Crippen LogP contribution < -0.4 is 5.69 Å². The number of benzene rings is 2. The molecule has 4 rings (SSSR count). The van der Waals surface area contributed by atoms with Gasteiger partial charge in [-0.1, -0.05) is 33.8 Å². The highest BCUT2D eigenvalue weighted by atomic mass is 16.4. The number of carboxylic acids is 1. The van der Waals surface area contributed by atoms with Gasteiger partial charge in [0.05, 0.1) is 22.3 Å². The Labute approximate surface area is 157 Å². The number of nitrogens with zero attached hydrogens (tertiary/aromatic N) is 1. The summed E-state index contributed by atoms with van der Waals surface area (Å²) in [6.45, 7) is 9.01. The molecule has 1 aliphatic rings. The second kappa shape index (κ2) is 5.59. The van der Waals surface area contributed by atoms with Gasteiger partial charge in [-0.3, -0.25) is 4.57 Å². The van der Waals surface area contributed by atoms with Crippen LogP contribution in [0.4, 0.5) is 0 Å². The van der Waals surface area contributed by atoms with Crippen molar-refractivity contribution in [3.05, 3.63) is 63.6 Å². The van der Waals surface area contributed by atoms with E-state index >= 15 is 0 Å². The summed E-state index contributed by atoms with van der Waals surface area (Å²) >= 11 is 0. The van der Waals surface area contributed by atoms with Crippen LogP contribution in [-0.2, 0) is 10.8 Å².